The van der Waals surface area contributed by atoms with Crippen molar-refractivity contribution in [2.24, 2.45) is 0 Å². The minimum Gasteiger partial charge on any atom is -0.513 e. The van der Waals surface area contributed by atoms with Gasteiger partial charge in [-0.05, 0) is 13.8 Å². The van der Waals surface area contributed by atoms with Crippen LogP contribution >= 0.6 is 0 Å². The molecule has 56 valence electrons. The molecule has 0 aromatic carbocycles. The van der Waals surface area contributed by atoms with Crippen molar-refractivity contribution in [3.05, 3.63) is 12.3 Å². The largest absolute Gasteiger partial charge is 0.713 e. The molecule has 0 spiro atoms. The number of hydrogen-bond acceptors (Lipinski definition) is 3. The molecule has 1 aliphatic heterocycles. The van der Waals surface area contributed by atoms with Crippen LogP contribution in [0.25, 0.3) is 0 Å². The van der Waals surface area contributed by atoms with E-state index >= 15 is 0 Å². The zero-order chi connectivity index (χ0) is 7.78. The standard InChI is InChI=1S/C6H11BO3/c1-5-6(2,3)10-7(8-4)9-5/h1H2,2-4H3. The third-order valence-corrected chi connectivity index (χ3v) is 1.49. The second-order valence-corrected chi connectivity index (χ2v) is 2.69. The maximum absolute atomic E-state index is 5.27. The minimum absolute atomic E-state index is 0.416. The molecule has 0 saturated carbocycles. The third kappa shape index (κ3) is 1.17. The van der Waals surface area contributed by atoms with E-state index in [0.29, 0.717) is 5.76 Å². The van der Waals surface area contributed by atoms with Gasteiger partial charge in [-0.2, -0.15) is 0 Å². The predicted octanol–water partition coefficient (Wildman–Crippen LogP) is 0.957. The quantitative estimate of drug-likeness (QED) is 0.510. The molecule has 1 heterocycles. The molecule has 3 nitrogen and oxygen atoms in total. The summed E-state index contributed by atoms with van der Waals surface area (Å²) in [5, 5.41) is 0. The fourth-order valence-electron chi connectivity index (χ4n) is 0.685. The summed E-state index contributed by atoms with van der Waals surface area (Å²) < 4.78 is 15.2. The molecule has 0 aliphatic carbocycles. The molecule has 1 saturated heterocycles. The monoisotopic (exact) mass is 142 g/mol. The average molecular weight is 142 g/mol. The van der Waals surface area contributed by atoms with E-state index in [-0.39, 0.29) is 0 Å². The van der Waals surface area contributed by atoms with Gasteiger partial charge in [0.2, 0.25) is 0 Å². The average Bonchev–Trinajstić information content (AvgIpc) is 2.08. The van der Waals surface area contributed by atoms with Gasteiger partial charge in [-0.3, -0.25) is 0 Å². The molecule has 0 aromatic rings. The van der Waals surface area contributed by atoms with Crippen LogP contribution in [0.5, 0.6) is 0 Å². The van der Waals surface area contributed by atoms with Crippen molar-refractivity contribution in [2.75, 3.05) is 7.11 Å². The van der Waals surface area contributed by atoms with Crippen molar-refractivity contribution in [2.45, 2.75) is 19.4 Å². The van der Waals surface area contributed by atoms with Gasteiger partial charge in [-0.25, -0.2) is 0 Å². The molecule has 0 bridgehead atoms. The first kappa shape index (κ1) is 7.63. The Morgan fingerprint density at radius 2 is 2.20 bits per heavy atom. The molecule has 0 atom stereocenters. The lowest BCUT2D eigenvalue weighted by Gasteiger charge is -2.14. The molecule has 0 aromatic heterocycles. The zero-order valence-electron chi connectivity index (χ0n) is 6.51. The molecule has 4 heteroatoms. The normalized spacial score (nSPS) is 23.1. The summed E-state index contributed by atoms with van der Waals surface area (Å²) in [5.74, 6) is 0.611. The fraction of sp³-hybridized carbons (Fsp3) is 0.667. The summed E-state index contributed by atoms with van der Waals surface area (Å²) in [5.41, 5.74) is -0.416. The molecule has 0 N–H and O–H groups in total. The lowest BCUT2D eigenvalue weighted by atomic mass is 10.1. The number of rotatable bonds is 1. The molecule has 1 rings (SSSR count). The van der Waals surface area contributed by atoms with E-state index in [1.165, 1.54) is 7.11 Å². The summed E-state index contributed by atoms with van der Waals surface area (Å²) >= 11 is 0. The first-order valence-corrected chi connectivity index (χ1v) is 3.13. The molecule has 10 heavy (non-hydrogen) atoms. The Morgan fingerprint density at radius 1 is 1.60 bits per heavy atom. The summed E-state index contributed by atoms with van der Waals surface area (Å²) in [7, 11) is 0.946. The second kappa shape index (κ2) is 2.29. The van der Waals surface area contributed by atoms with Crippen LogP contribution in [0, 0.1) is 0 Å². The van der Waals surface area contributed by atoms with E-state index in [0.717, 1.165) is 0 Å². The molecular weight excluding hydrogens is 131 g/mol. The smallest absolute Gasteiger partial charge is 0.513 e. The lowest BCUT2D eigenvalue weighted by Crippen LogP contribution is -2.24. The van der Waals surface area contributed by atoms with Crippen molar-refractivity contribution in [3.63, 3.8) is 0 Å². The lowest BCUT2D eigenvalue weighted by molar-refractivity contribution is 0.132. The third-order valence-electron chi connectivity index (χ3n) is 1.49. The van der Waals surface area contributed by atoms with Gasteiger partial charge in [0.05, 0.1) is 0 Å². The Bertz CT molecular complexity index is 155. The molecule has 0 radical (unpaired) electrons. The topological polar surface area (TPSA) is 27.7 Å². The zero-order valence-corrected chi connectivity index (χ0v) is 6.51. The van der Waals surface area contributed by atoms with Crippen LogP contribution in [0.15, 0.2) is 12.3 Å². The van der Waals surface area contributed by atoms with Crippen LogP contribution in [0.4, 0.5) is 0 Å². The van der Waals surface area contributed by atoms with Crippen LogP contribution in [-0.2, 0) is 14.0 Å². The van der Waals surface area contributed by atoms with Crippen LogP contribution in [0.1, 0.15) is 13.8 Å². The first-order chi connectivity index (χ1) is 4.56. The van der Waals surface area contributed by atoms with Crippen LogP contribution < -0.4 is 0 Å². The molecule has 0 unspecified atom stereocenters. The Balaban J connectivity index is 2.62. The van der Waals surface area contributed by atoms with Gasteiger partial charge >= 0.3 is 7.32 Å². The maximum Gasteiger partial charge on any atom is 0.713 e. The Morgan fingerprint density at radius 3 is 2.40 bits per heavy atom. The van der Waals surface area contributed by atoms with E-state index in [2.05, 4.69) is 6.58 Å². The van der Waals surface area contributed by atoms with E-state index < -0.39 is 12.9 Å². The van der Waals surface area contributed by atoms with E-state index in [9.17, 15) is 0 Å². The first-order valence-electron chi connectivity index (χ1n) is 3.13. The molecular formula is C6H11BO3. The van der Waals surface area contributed by atoms with Crippen molar-refractivity contribution >= 4 is 7.32 Å². The summed E-state index contributed by atoms with van der Waals surface area (Å²) in [6.45, 7) is 7.44. The van der Waals surface area contributed by atoms with Gasteiger partial charge in [0.1, 0.15) is 11.4 Å². The van der Waals surface area contributed by atoms with Crippen LogP contribution in [-0.4, -0.2) is 20.0 Å². The summed E-state index contributed by atoms with van der Waals surface area (Å²) in [6, 6.07) is 0. The fourth-order valence-corrected chi connectivity index (χ4v) is 0.685. The minimum atomic E-state index is -0.581. The molecule has 1 aliphatic rings. The van der Waals surface area contributed by atoms with Crippen molar-refractivity contribution in [1.29, 1.82) is 0 Å². The van der Waals surface area contributed by atoms with Crippen LogP contribution in [0.3, 0.4) is 0 Å². The van der Waals surface area contributed by atoms with E-state index in [1.807, 2.05) is 13.8 Å². The van der Waals surface area contributed by atoms with Gasteiger partial charge in [-0.15, -0.1) is 0 Å². The summed E-state index contributed by atoms with van der Waals surface area (Å²) in [6.07, 6.45) is 0. The highest BCUT2D eigenvalue weighted by Crippen LogP contribution is 2.28. The van der Waals surface area contributed by atoms with Crippen LogP contribution in [0.2, 0.25) is 0 Å². The van der Waals surface area contributed by atoms with Gasteiger partial charge < -0.3 is 14.0 Å². The molecule has 1 fully saturated rings. The SMILES string of the molecule is C=C1OB(OC)OC1(C)C. The number of hydrogen-bond donors (Lipinski definition) is 0. The Hall–Kier alpha value is -0.475. The molecule has 0 amide bonds. The van der Waals surface area contributed by atoms with Gasteiger partial charge in [0, 0.05) is 7.11 Å². The van der Waals surface area contributed by atoms with Gasteiger partial charge in [-0.1, -0.05) is 6.58 Å². The highest BCUT2D eigenvalue weighted by molar-refractivity contribution is 6.37. The van der Waals surface area contributed by atoms with Crippen molar-refractivity contribution < 1.29 is 14.0 Å². The summed E-state index contributed by atoms with van der Waals surface area (Å²) in [4.78, 5) is 0. The maximum atomic E-state index is 5.27. The predicted molar refractivity (Wildman–Crippen MR) is 38.2 cm³/mol. The highest BCUT2D eigenvalue weighted by Gasteiger charge is 2.43. The van der Waals surface area contributed by atoms with Gasteiger partial charge in [0.15, 0.2) is 0 Å². The van der Waals surface area contributed by atoms with Crippen molar-refractivity contribution in [3.8, 4) is 0 Å². The van der Waals surface area contributed by atoms with Gasteiger partial charge in [0.25, 0.3) is 0 Å². The van der Waals surface area contributed by atoms with E-state index in [4.69, 9.17) is 14.0 Å². The Labute approximate surface area is 61.1 Å². The van der Waals surface area contributed by atoms with E-state index in [1.54, 1.807) is 0 Å². The van der Waals surface area contributed by atoms with Crippen molar-refractivity contribution in [1.82, 2.24) is 0 Å². The second-order valence-electron chi connectivity index (χ2n) is 2.69. The highest BCUT2D eigenvalue weighted by atomic mass is 16.8. The Kier molecular flexibility index (Phi) is 1.75.